The largest absolute Gasteiger partial charge is 0.337 e. The number of benzene rings is 1. The van der Waals surface area contributed by atoms with E-state index >= 15 is 0 Å². The maximum absolute atomic E-state index is 12.6. The summed E-state index contributed by atoms with van der Waals surface area (Å²) in [6.45, 7) is 0. The fourth-order valence-electron chi connectivity index (χ4n) is 3.02. The lowest BCUT2D eigenvalue weighted by atomic mass is 9.94. The Morgan fingerprint density at radius 3 is 2.59 bits per heavy atom. The fraction of sp³-hybridized carbons (Fsp3) is 0.412. The summed E-state index contributed by atoms with van der Waals surface area (Å²) in [6.07, 6.45) is 5.94. The number of carbonyl (C=O) groups is 1. The lowest BCUT2D eigenvalue weighted by molar-refractivity contribution is 0.0690. The Labute approximate surface area is 139 Å². The van der Waals surface area contributed by atoms with Gasteiger partial charge in [0.15, 0.2) is 0 Å². The van der Waals surface area contributed by atoms with E-state index in [9.17, 15) is 4.79 Å². The first-order chi connectivity index (χ1) is 10.6. The summed E-state index contributed by atoms with van der Waals surface area (Å²) >= 11 is 3.42. The molecule has 0 atom stereocenters. The second-order valence-electron chi connectivity index (χ2n) is 5.88. The van der Waals surface area contributed by atoms with Crippen molar-refractivity contribution >= 4 is 21.8 Å². The maximum Gasteiger partial charge on any atom is 0.271 e. The number of rotatable bonds is 3. The number of carbonyl (C=O) groups excluding carboxylic acids is 1. The van der Waals surface area contributed by atoms with Crippen LogP contribution in [0.3, 0.4) is 0 Å². The van der Waals surface area contributed by atoms with E-state index in [4.69, 9.17) is 0 Å². The Balaban J connectivity index is 1.75. The van der Waals surface area contributed by atoms with Gasteiger partial charge in [-0.15, -0.1) is 0 Å². The monoisotopic (exact) mass is 361 g/mol. The smallest absolute Gasteiger partial charge is 0.271 e. The van der Waals surface area contributed by atoms with Crippen LogP contribution in [-0.4, -0.2) is 34.1 Å². The molecule has 22 heavy (non-hydrogen) atoms. The van der Waals surface area contributed by atoms with Crippen LogP contribution in [0.2, 0.25) is 0 Å². The molecule has 0 bridgehead atoms. The van der Waals surface area contributed by atoms with Crippen molar-refractivity contribution in [3.05, 3.63) is 40.5 Å². The van der Waals surface area contributed by atoms with E-state index in [2.05, 4.69) is 26.1 Å². The van der Waals surface area contributed by atoms with E-state index in [1.165, 1.54) is 19.3 Å². The molecule has 4 nitrogen and oxygen atoms in total. The van der Waals surface area contributed by atoms with Crippen LogP contribution >= 0.6 is 15.9 Å². The highest BCUT2D eigenvalue weighted by Crippen LogP contribution is 2.24. The topological polar surface area (TPSA) is 49.0 Å². The Morgan fingerprint density at radius 1 is 1.23 bits per heavy atom. The van der Waals surface area contributed by atoms with Crippen molar-refractivity contribution in [2.75, 3.05) is 7.05 Å². The quantitative estimate of drug-likeness (QED) is 0.888. The van der Waals surface area contributed by atoms with Crippen molar-refractivity contribution in [1.29, 1.82) is 0 Å². The molecule has 5 heteroatoms. The van der Waals surface area contributed by atoms with E-state index in [1.54, 1.807) is 0 Å². The summed E-state index contributed by atoms with van der Waals surface area (Å²) in [5.41, 5.74) is 2.36. The molecular formula is C17H20BrN3O. The molecule has 0 unspecified atom stereocenters. The Morgan fingerprint density at radius 2 is 1.91 bits per heavy atom. The molecule has 116 valence electrons. The van der Waals surface area contributed by atoms with Gasteiger partial charge in [0.2, 0.25) is 0 Å². The zero-order valence-corrected chi connectivity index (χ0v) is 14.3. The number of halogens is 1. The number of aromatic amines is 1. The maximum atomic E-state index is 12.6. The standard InChI is InChI=1S/C17H20BrN3O/c1-21(14-5-3-2-4-6-14)17(22)16-11-15(19-20-16)12-7-9-13(18)10-8-12/h7-11,14H,2-6H2,1H3,(H,19,20). The number of hydrogen-bond donors (Lipinski definition) is 1. The van der Waals surface area contributed by atoms with E-state index < -0.39 is 0 Å². The number of hydrogen-bond acceptors (Lipinski definition) is 2. The third-order valence-electron chi connectivity index (χ3n) is 4.39. The van der Waals surface area contributed by atoms with Crippen LogP contribution in [0, 0.1) is 0 Å². The van der Waals surface area contributed by atoms with Crippen LogP contribution in [0.5, 0.6) is 0 Å². The van der Waals surface area contributed by atoms with Crippen molar-refractivity contribution in [2.45, 2.75) is 38.1 Å². The molecule has 1 aromatic heterocycles. The summed E-state index contributed by atoms with van der Waals surface area (Å²) in [5.74, 6) is 0.0303. The first-order valence-corrected chi connectivity index (χ1v) is 8.53. The van der Waals surface area contributed by atoms with Crippen LogP contribution in [0.25, 0.3) is 11.3 Å². The van der Waals surface area contributed by atoms with Gasteiger partial charge in [0, 0.05) is 23.1 Å². The van der Waals surface area contributed by atoms with Gasteiger partial charge in [-0.25, -0.2) is 0 Å². The minimum absolute atomic E-state index is 0.0303. The molecule has 1 amide bonds. The first kappa shape index (κ1) is 15.3. The molecule has 1 aliphatic rings. The predicted octanol–water partition coefficient (Wildman–Crippen LogP) is 4.24. The third kappa shape index (κ3) is 3.24. The summed E-state index contributed by atoms with van der Waals surface area (Å²) in [6, 6.07) is 10.1. The minimum atomic E-state index is 0.0303. The highest BCUT2D eigenvalue weighted by Gasteiger charge is 2.24. The molecule has 0 saturated heterocycles. The minimum Gasteiger partial charge on any atom is -0.337 e. The normalized spacial score (nSPS) is 15.7. The average molecular weight is 362 g/mol. The summed E-state index contributed by atoms with van der Waals surface area (Å²) in [7, 11) is 1.90. The van der Waals surface area contributed by atoms with Gasteiger partial charge in [-0.1, -0.05) is 47.3 Å². The van der Waals surface area contributed by atoms with Gasteiger partial charge in [-0.05, 0) is 31.0 Å². The van der Waals surface area contributed by atoms with Crippen molar-refractivity contribution in [2.24, 2.45) is 0 Å². The van der Waals surface area contributed by atoms with Crippen molar-refractivity contribution in [3.8, 4) is 11.3 Å². The zero-order chi connectivity index (χ0) is 15.5. The first-order valence-electron chi connectivity index (χ1n) is 7.73. The van der Waals surface area contributed by atoms with Gasteiger partial charge in [-0.3, -0.25) is 9.89 Å². The molecular weight excluding hydrogens is 342 g/mol. The molecule has 0 radical (unpaired) electrons. The van der Waals surface area contributed by atoms with Gasteiger partial charge in [0.05, 0.1) is 5.69 Å². The highest BCUT2D eigenvalue weighted by molar-refractivity contribution is 9.10. The highest BCUT2D eigenvalue weighted by atomic mass is 79.9. The van der Waals surface area contributed by atoms with Gasteiger partial charge in [-0.2, -0.15) is 5.10 Å². The van der Waals surface area contributed by atoms with Crippen molar-refractivity contribution in [1.82, 2.24) is 15.1 Å². The number of H-pyrrole nitrogens is 1. The molecule has 1 aliphatic carbocycles. The average Bonchev–Trinajstić information content (AvgIpc) is 3.05. The van der Waals surface area contributed by atoms with E-state index in [0.717, 1.165) is 28.6 Å². The van der Waals surface area contributed by atoms with Crippen LogP contribution < -0.4 is 0 Å². The van der Waals surface area contributed by atoms with Gasteiger partial charge >= 0.3 is 0 Å². The molecule has 1 N–H and O–H groups in total. The van der Waals surface area contributed by atoms with Crippen LogP contribution in [0.1, 0.15) is 42.6 Å². The van der Waals surface area contributed by atoms with Gasteiger partial charge in [0.25, 0.3) is 5.91 Å². The van der Waals surface area contributed by atoms with Crippen molar-refractivity contribution in [3.63, 3.8) is 0 Å². The van der Waals surface area contributed by atoms with Crippen LogP contribution in [-0.2, 0) is 0 Å². The number of nitrogens with zero attached hydrogens (tertiary/aromatic N) is 2. The van der Waals surface area contributed by atoms with Crippen LogP contribution in [0.4, 0.5) is 0 Å². The van der Waals surface area contributed by atoms with Gasteiger partial charge < -0.3 is 4.90 Å². The Hall–Kier alpha value is -1.62. The molecule has 3 rings (SSSR count). The lowest BCUT2D eigenvalue weighted by Crippen LogP contribution is -2.38. The number of nitrogens with one attached hydrogen (secondary N) is 1. The third-order valence-corrected chi connectivity index (χ3v) is 4.92. The molecule has 1 aromatic carbocycles. The molecule has 1 saturated carbocycles. The molecule has 0 aliphatic heterocycles. The SMILES string of the molecule is CN(C(=O)c1cc(-c2ccc(Br)cc2)n[nH]1)C1CCCCC1. The predicted molar refractivity (Wildman–Crippen MR) is 90.7 cm³/mol. The Kier molecular flexibility index (Phi) is 4.62. The lowest BCUT2D eigenvalue weighted by Gasteiger charge is -2.30. The molecule has 0 spiro atoms. The second-order valence-corrected chi connectivity index (χ2v) is 6.80. The molecule has 1 fully saturated rings. The van der Waals surface area contributed by atoms with Crippen molar-refractivity contribution < 1.29 is 4.79 Å². The number of aromatic nitrogens is 2. The fourth-order valence-corrected chi connectivity index (χ4v) is 3.29. The van der Waals surface area contributed by atoms with Crippen LogP contribution in [0.15, 0.2) is 34.8 Å². The molecule has 1 heterocycles. The van der Waals surface area contributed by atoms with E-state index in [1.807, 2.05) is 42.3 Å². The molecule has 2 aromatic rings. The summed E-state index contributed by atoms with van der Waals surface area (Å²) in [4.78, 5) is 14.5. The van der Waals surface area contributed by atoms with E-state index in [0.29, 0.717) is 11.7 Å². The van der Waals surface area contributed by atoms with E-state index in [-0.39, 0.29) is 5.91 Å². The number of amides is 1. The zero-order valence-electron chi connectivity index (χ0n) is 12.7. The summed E-state index contributed by atoms with van der Waals surface area (Å²) < 4.78 is 1.03. The Bertz CT molecular complexity index is 644. The van der Waals surface area contributed by atoms with Gasteiger partial charge in [0.1, 0.15) is 5.69 Å². The summed E-state index contributed by atoms with van der Waals surface area (Å²) in [5, 5.41) is 7.16. The second kappa shape index (κ2) is 6.65.